The SMILES string of the molecule is CS(=O)Cc1cccc(C(=O)OCC(=O)N2CCN(c3cccc(C(F)(F)F)c3)CC2)c1. The van der Waals surface area contributed by atoms with Gasteiger partial charge >= 0.3 is 12.1 Å². The van der Waals surface area contributed by atoms with E-state index in [4.69, 9.17) is 4.74 Å². The minimum absolute atomic E-state index is 0.273. The molecule has 1 unspecified atom stereocenters. The summed E-state index contributed by atoms with van der Waals surface area (Å²) < 4.78 is 55.3. The van der Waals surface area contributed by atoms with E-state index in [1.165, 1.54) is 11.0 Å². The van der Waals surface area contributed by atoms with Crippen LogP contribution in [0.3, 0.4) is 0 Å². The fourth-order valence-electron chi connectivity index (χ4n) is 3.42. The monoisotopic (exact) mass is 468 g/mol. The van der Waals surface area contributed by atoms with Gasteiger partial charge < -0.3 is 14.5 Å². The molecule has 6 nitrogen and oxygen atoms in total. The van der Waals surface area contributed by atoms with Crippen LogP contribution in [0.5, 0.6) is 0 Å². The molecule has 0 aliphatic carbocycles. The normalized spacial score (nSPS) is 15.4. The molecular weight excluding hydrogens is 445 g/mol. The van der Waals surface area contributed by atoms with Crippen LogP contribution in [0.15, 0.2) is 48.5 Å². The zero-order valence-electron chi connectivity index (χ0n) is 17.4. The highest BCUT2D eigenvalue weighted by atomic mass is 32.2. The largest absolute Gasteiger partial charge is 0.452 e. The highest BCUT2D eigenvalue weighted by molar-refractivity contribution is 7.83. The van der Waals surface area contributed by atoms with Crippen molar-refractivity contribution in [1.82, 2.24) is 4.90 Å². The summed E-state index contributed by atoms with van der Waals surface area (Å²) in [5, 5.41) is 0. The number of benzene rings is 2. The minimum atomic E-state index is -4.41. The fraction of sp³-hybridized carbons (Fsp3) is 0.364. The Kier molecular flexibility index (Phi) is 7.55. The van der Waals surface area contributed by atoms with Crippen molar-refractivity contribution in [3.8, 4) is 0 Å². The lowest BCUT2D eigenvalue weighted by atomic mass is 10.1. The summed E-state index contributed by atoms with van der Waals surface area (Å²) in [6.45, 7) is 0.940. The van der Waals surface area contributed by atoms with Crippen molar-refractivity contribution >= 4 is 28.4 Å². The van der Waals surface area contributed by atoms with Crippen LogP contribution < -0.4 is 4.90 Å². The second kappa shape index (κ2) is 10.2. The van der Waals surface area contributed by atoms with Gasteiger partial charge in [0.05, 0.1) is 11.1 Å². The smallest absolute Gasteiger partial charge is 0.416 e. The van der Waals surface area contributed by atoms with Crippen molar-refractivity contribution in [1.29, 1.82) is 0 Å². The Labute approximate surface area is 186 Å². The van der Waals surface area contributed by atoms with Crippen LogP contribution in [-0.2, 0) is 32.3 Å². The van der Waals surface area contributed by atoms with Gasteiger partial charge in [0.1, 0.15) is 0 Å². The van der Waals surface area contributed by atoms with E-state index >= 15 is 0 Å². The lowest BCUT2D eigenvalue weighted by Crippen LogP contribution is -2.50. The highest BCUT2D eigenvalue weighted by Crippen LogP contribution is 2.31. The van der Waals surface area contributed by atoms with E-state index in [1.807, 2.05) is 0 Å². The molecular formula is C22H23F3N2O4S. The van der Waals surface area contributed by atoms with Crippen LogP contribution in [0.2, 0.25) is 0 Å². The number of hydrogen-bond donors (Lipinski definition) is 0. The molecule has 1 atom stereocenters. The Morgan fingerprint density at radius 3 is 2.38 bits per heavy atom. The zero-order valence-corrected chi connectivity index (χ0v) is 18.2. The predicted octanol–water partition coefficient (Wildman–Crippen LogP) is 3.09. The molecule has 1 amide bonds. The maximum Gasteiger partial charge on any atom is 0.416 e. The lowest BCUT2D eigenvalue weighted by Gasteiger charge is -2.36. The Hall–Kier alpha value is -2.88. The molecule has 0 spiro atoms. The molecule has 3 rings (SSSR count). The predicted molar refractivity (Wildman–Crippen MR) is 115 cm³/mol. The third-order valence-corrected chi connectivity index (χ3v) is 5.77. The van der Waals surface area contributed by atoms with Crippen LogP contribution in [0, 0.1) is 0 Å². The van der Waals surface area contributed by atoms with E-state index in [0.717, 1.165) is 17.7 Å². The maximum atomic E-state index is 12.9. The lowest BCUT2D eigenvalue weighted by molar-refractivity contribution is -0.137. The summed E-state index contributed by atoms with van der Waals surface area (Å²) in [6.07, 6.45) is -2.85. The first-order valence-corrected chi connectivity index (χ1v) is 11.6. The number of ether oxygens (including phenoxy) is 1. The molecule has 2 aromatic carbocycles. The van der Waals surface area contributed by atoms with Gasteiger partial charge in [-0.25, -0.2) is 4.79 Å². The van der Waals surface area contributed by atoms with Gasteiger partial charge in [-0.1, -0.05) is 18.2 Å². The first-order chi connectivity index (χ1) is 15.1. The second-order valence-electron chi connectivity index (χ2n) is 7.41. The molecule has 32 heavy (non-hydrogen) atoms. The number of anilines is 1. The van der Waals surface area contributed by atoms with Crippen LogP contribution in [0.1, 0.15) is 21.5 Å². The summed E-state index contributed by atoms with van der Waals surface area (Å²) in [6, 6.07) is 11.7. The molecule has 1 fully saturated rings. The van der Waals surface area contributed by atoms with E-state index in [0.29, 0.717) is 37.6 Å². The number of halogens is 3. The van der Waals surface area contributed by atoms with Gasteiger partial charge in [-0.15, -0.1) is 0 Å². The molecule has 10 heteroatoms. The Morgan fingerprint density at radius 1 is 1.03 bits per heavy atom. The van der Waals surface area contributed by atoms with Crippen molar-refractivity contribution in [2.75, 3.05) is 43.9 Å². The summed E-state index contributed by atoms with van der Waals surface area (Å²) >= 11 is 0. The van der Waals surface area contributed by atoms with Crippen molar-refractivity contribution in [3.63, 3.8) is 0 Å². The Bertz CT molecular complexity index is 1000. The average Bonchev–Trinajstić information content (AvgIpc) is 2.76. The van der Waals surface area contributed by atoms with E-state index in [1.54, 1.807) is 41.5 Å². The van der Waals surface area contributed by atoms with Gasteiger partial charge in [-0.05, 0) is 35.9 Å². The summed E-state index contributed by atoms with van der Waals surface area (Å²) in [5.74, 6) is -0.700. The summed E-state index contributed by atoms with van der Waals surface area (Å²) in [5.41, 5.74) is 0.744. The number of esters is 1. The second-order valence-corrected chi connectivity index (χ2v) is 8.85. The Morgan fingerprint density at radius 2 is 1.72 bits per heavy atom. The molecule has 1 aliphatic heterocycles. The molecule has 0 saturated carbocycles. The van der Waals surface area contributed by atoms with Crippen LogP contribution in [0.4, 0.5) is 18.9 Å². The molecule has 0 N–H and O–H groups in total. The zero-order chi connectivity index (χ0) is 23.3. The number of piperazine rings is 1. The number of amides is 1. The van der Waals surface area contributed by atoms with Crippen molar-refractivity contribution in [2.24, 2.45) is 0 Å². The van der Waals surface area contributed by atoms with E-state index in [-0.39, 0.29) is 11.5 Å². The molecule has 1 heterocycles. The number of alkyl halides is 3. The molecule has 0 bridgehead atoms. The van der Waals surface area contributed by atoms with Crippen LogP contribution in [0.25, 0.3) is 0 Å². The molecule has 2 aromatic rings. The molecule has 0 radical (unpaired) electrons. The summed E-state index contributed by atoms with van der Waals surface area (Å²) in [7, 11) is -1.05. The fourth-order valence-corrected chi connectivity index (χ4v) is 4.07. The number of carbonyl (C=O) groups is 2. The minimum Gasteiger partial charge on any atom is -0.452 e. The number of carbonyl (C=O) groups excluding carboxylic acids is 2. The average molecular weight is 468 g/mol. The third kappa shape index (κ3) is 6.32. The topological polar surface area (TPSA) is 66.9 Å². The first-order valence-electron chi connectivity index (χ1n) is 9.89. The van der Waals surface area contributed by atoms with Gasteiger partial charge in [0.2, 0.25) is 0 Å². The molecule has 0 aromatic heterocycles. The first kappa shape index (κ1) is 23.8. The summed E-state index contributed by atoms with van der Waals surface area (Å²) in [4.78, 5) is 28.0. The number of rotatable bonds is 6. The van der Waals surface area contributed by atoms with Crippen LogP contribution in [-0.4, -0.2) is 60.0 Å². The van der Waals surface area contributed by atoms with E-state index in [9.17, 15) is 27.0 Å². The van der Waals surface area contributed by atoms with Crippen LogP contribution >= 0.6 is 0 Å². The molecule has 1 saturated heterocycles. The number of nitrogens with zero attached hydrogens (tertiary/aromatic N) is 2. The van der Waals surface area contributed by atoms with Gasteiger partial charge in [0, 0.05) is 54.7 Å². The maximum absolute atomic E-state index is 12.9. The van der Waals surface area contributed by atoms with E-state index < -0.39 is 35.1 Å². The van der Waals surface area contributed by atoms with Crippen molar-refractivity contribution < 1.29 is 31.7 Å². The van der Waals surface area contributed by atoms with Crippen molar-refractivity contribution in [3.05, 3.63) is 65.2 Å². The molecule has 172 valence electrons. The van der Waals surface area contributed by atoms with E-state index in [2.05, 4.69) is 0 Å². The van der Waals surface area contributed by atoms with Gasteiger partial charge in [-0.2, -0.15) is 13.2 Å². The third-order valence-electron chi connectivity index (χ3n) is 5.03. The Balaban J connectivity index is 1.51. The number of hydrogen-bond acceptors (Lipinski definition) is 5. The van der Waals surface area contributed by atoms with Gasteiger partial charge in [0.25, 0.3) is 5.91 Å². The standard InChI is InChI=1S/C22H23F3N2O4S/c1-32(30)15-16-4-2-5-17(12-16)21(29)31-14-20(28)27-10-8-26(9-11-27)19-7-3-6-18(13-19)22(23,24)25/h2-7,12-13H,8-11,14-15H2,1H3. The highest BCUT2D eigenvalue weighted by Gasteiger charge is 2.31. The quantitative estimate of drug-likeness (QED) is 0.610. The van der Waals surface area contributed by atoms with Gasteiger partial charge in [0.15, 0.2) is 6.61 Å². The van der Waals surface area contributed by atoms with Gasteiger partial charge in [-0.3, -0.25) is 9.00 Å². The molecule has 1 aliphatic rings. The van der Waals surface area contributed by atoms with Crippen molar-refractivity contribution in [2.45, 2.75) is 11.9 Å².